The summed E-state index contributed by atoms with van der Waals surface area (Å²) in [6.45, 7) is 3.72. The van der Waals surface area contributed by atoms with Crippen LogP contribution in [0.15, 0.2) is 18.2 Å². The van der Waals surface area contributed by atoms with Crippen LogP contribution in [0, 0.1) is 5.92 Å². The van der Waals surface area contributed by atoms with Crippen molar-refractivity contribution in [3.8, 4) is 5.75 Å². The van der Waals surface area contributed by atoms with Gasteiger partial charge < -0.3 is 15.6 Å². The Kier molecular flexibility index (Phi) is 3.77. The first-order valence-electron chi connectivity index (χ1n) is 5.14. The van der Waals surface area contributed by atoms with Gasteiger partial charge in [0.1, 0.15) is 5.75 Å². The third-order valence-electron chi connectivity index (χ3n) is 2.59. The van der Waals surface area contributed by atoms with Gasteiger partial charge in [0.2, 0.25) is 0 Å². The highest BCUT2D eigenvalue weighted by atomic mass is 16.5. The molecule has 4 heteroatoms. The van der Waals surface area contributed by atoms with Crippen LogP contribution in [-0.4, -0.2) is 18.2 Å². The Balaban J connectivity index is 3.25. The highest BCUT2D eigenvalue weighted by molar-refractivity contribution is 5.80. The number of nitrogen functional groups attached to an aromatic ring is 1. The van der Waals surface area contributed by atoms with Crippen molar-refractivity contribution in [3.05, 3.63) is 23.8 Å². The van der Waals surface area contributed by atoms with Crippen molar-refractivity contribution in [1.29, 1.82) is 0 Å². The van der Waals surface area contributed by atoms with Crippen LogP contribution in [0.25, 0.3) is 0 Å². The Morgan fingerprint density at radius 1 is 1.44 bits per heavy atom. The molecule has 0 aromatic heterocycles. The van der Waals surface area contributed by atoms with Gasteiger partial charge in [-0.3, -0.25) is 4.79 Å². The van der Waals surface area contributed by atoms with Crippen LogP contribution in [0.1, 0.15) is 25.3 Å². The second-order valence-electron chi connectivity index (χ2n) is 4.02. The van der Waals surface area contributed by atoms with Crippen LogP contribution >= 0.6 is 0 Å². The lowest BCUT2D eigenvalue weighted by Gasteiger charge is -2.19. The molecule has 0 heterocycles. The predicted octanol–water partition coefficient (Wildman–Crippen LogP) is 2.10. The minimum absolute atomic E-state index is 0.0214. The van der Waals surface area contributed by atoms with Gasteiger partial charge >= 0.3 is 5.97 Å². The molecule has 0 bridgehead atoms. The number of carboxylic acids is 1. The van der Waals surface area contributed by atoms with E-state index in [-0.39, 0.29) is 5.92 Å². The van der Waals surface area contributed by atoms with Crippen molar-refractivity contribution in [2.24, 2.45) is 5.92 Å². The zero-order valence-electron chi connectivity index (χ0n) is 9.73. The molecule has 0 aliphatic rings. The molecule has 3 N–H and O–H groups in total. The number of para-hydroxylation sites is 1. The van der Waals surface area contributed by atoms with Gasteiger partial charge in [-0.2, -0.15) is 0 Å². The van der Waals surface area contributed by atoms with Crippen molar-refractivity contribution in [2.75, 3.05) is 12.8 Å². The first kappa shape index (κ1) is 12.4. The maximum absolute atomic E-state index is 11.2. The molecule has 4 nitrogen and oxygen atoms in total. The summed E-state index contributed by atoms with van der Waals surface area (Å²) < 4.78 is 5.08. The van der Waals surface area contributed by atoms with Gasteiger partial charge in [-0.05, 0) is 17.5 Å². The van der Waals surface area contributed by atoms with E-state index in [1.807, 2.05) is 13.8 Å². The summed E-state index contributed by atoms with van der Waals surface area (Å²) in [5, 5.41) is 9.19. The van der Waals surface area contributed by atoms with Crippen molar-refractivity contribution >= 4 is 11.7 Å². The zero-order valence-corrected chi connectivity index (χ0v) is 9.73. The summed E-state index contributed by atoms with van der Waals surface area (Å²) >= 11 is 0. The summed E-state index contributed by atoms with van der Waals surface area (Å²) in [7, 11) is 1.51. The van der Waals surface area contributed by atoms with E-state index in [2.05, 4.69) is 0 Å². The molecule has 1 unspecified atom stereocenters. The highest BCUT2D eigenvalue weighted by Crippen LogP contribution is 2.34. The molecule has 0 radical (unpaired) electrons. The monoisotopic (exact) mass is 223 g/mol. The number of benzene rings is 1. The highest BCUT2D eigenvalue weighted by Gasteiger charge is 2.26. The summed E-state index contributed by atoms with van der Waals surface area (Å²) in [6.07, 6.45) is 0. The normalized spacial score (nSPS) is 12.5. The lowest BCUT2D eigenvalue weighted by molar-refractivity contribution is -0.139. The number of aliphatic carboxylic acids is 1. The van der Waals surface area contributed by atoms with E-state index in [1.54, 1.807) is 18.2 Å². The molecule has 1 rings (SSSR count). The van der Waals surface area contributed by atoms with Gasteiger partial charge in [-0.25, -0.2) is 0 Å². The van der Waals surface area contributed by atoms with Crippen molar-refractivity contribution in [1.82, 2.24) is 0 Å². The number of hydrogen-bond donors (Lipinski definition) is 2. The first-order valence-corrected chi connectivity index (χ1v) is 5.14. The van der Waals surface area contributed by atoms with Gasteiger partial charge in [0.15, 0.2) is 0 Å². The fourth-order valence-corrected chi connectivity index (χ4v) is 1.79. The maximum Gasteiger partial charge on any atom is 0.311 e. The number of carbonyl (C=O) groups is 1. The average molecular weight is 223 g/mol. The molecule has 1 aromatic carbocycles. The SMILES string of the molecule is COc1cccc(C(C(=O)O)C(C)C)c1N. The molecule has 0 aliphatic carbocycles. The molecule has 1 atom stereocenters. The molecule has 0 fully saturated rings. The van der Waals surface area contributed by atoms with Gasteiger partial charge in [0, 0.05) is 0 Å². The van der Waals surface area contributed by atoms with E-state index in [1.165, 1.54) is 7.11 Å². The number of hydrogen-bond acceptors (Lipinski definition) is 3. The molecular formula is C12H17NO3. The Labute approximate surface area is 95.0 Å². The Bertz CT molecular complexity index is 388. The maximum atomic E-state index is 11.2. The quantitative estimate of drug-likeness (QED) is 0.767. The largest absolute Gasteiger partial charge is 0.495 e. The van der Waals surface area contributed by atoms with Crippen molar-refractivity contribution in [3.63, 3.8) is 0 Å². The fourth-order valence-electron chi connectivity index (χ4n) is 1.79. The fraction of sp³-hybridized carbons (Fsp3) is 0.417. The molecule has 0 aliphatic heterocycles. The topological polar surface area (TPSA) is 72.5 Å². The first-order chi connectivity index (χ1) is 7.49. The summed E-state index contributed by atoms with van der Waals surface area (Å²) in [6, 6.07) is 5.21. The smallest absolute Gasteiger partial charge is 0.311 e. The lowest BCUT2D eigenvalue weighted by Crippen LogP contribution is -2.19. The Morgan fingerprint density at radius 2 is 2.06 bits per heavy atom. The van der Waals surface area contributed by atoms with E-state index in [0.717, 1.165) is 0 Å². The second-order valence-corrected chi connectivity index (χ2v) is 4.02. The van der Waals surface area contributed by atoms with Crippen molar-refractivity contribution < 1.29 is 14.6 Å². The van der Waals surface area contributed by atoms with E-state index in [9.17, 15) is 9.90 Å². The Hall–Kier alpha value is -1.71. The molecule has 0 saturated heterocycles. The third kappa shape index (κ3) is 2.27. The predicted molar refractivity (Wildman–Crippen MR) is 62.6 cm³/mol. The van der Waals surface area contributed by atoms with Gasteiger partial charge in [-0.15, -0.1) is 0 Å². The number of anilines is 1. The minimum Gasteiger partial charge on any atom is -0.495 e. The third-order valence-corrected chi connectivity index (χ3v) is 2.59. The van der Waals surface area contributed by atoms with E-state index in [4.69, 9.17) is 10.5 Å². The van der Waals surface area contributed by atoms with Gasteiger partial charge in [0.05, 0.1) is 18.7 Å². The minimum atomic E-state index is -0.866. The second kappa shape index (κ2) is 4.88. The lowest BCUT2D eigenvalue weighted by atomic mass is 9.87. The number of carboxylic acid groups (broad SMARTS) is 1. The number of methoxy groups -OCH3 is 1. The Morgan fingerprint density at radius 3 is 2.50 bits per heavy atom. The molecule has 16 heavy (non-hydrogen) atoms. The molecule has 0 spiro atoms. The summed E-state index contributed by atoms with van der Waals surface area (Å²) in [5.41, 5.74) is 6.90. The van der Waals surface area contributed by atoms with Crippen LogP contribution in [-0.2, 0) is 4.79 Å². The number of ether oxygens (including phenoxy) is 1. The summed E-state index contributed by atoms with van der Waals surface area (Å²) in [4.78, 5) is 11.2. The molecule has 0 saturated carbocycles. The molecule has 1 aromatic rings. The zero-order chi connectivity index (χ0) is 12.3. The van der Waals surface area contributed by atoms with Crippen LogP contribution in [0.4, 0.5) is 5.69 Å². The van der Waals surface area contributed by atoms with E-state index < -0.39 is 11.9 Å². The van der Waals surface area contributed by atoms with Crippen LogP contribution in [0.2, 0.25) is 0 Å². The van der Waals surface area contributed by atoms with Crippen LogP contribution < -0.4 is 10.5 Å². The molecular weight excluding hydrogens is 206 g/mol. The van der Waals surface area contributed by atoms with E-state index >= 15 is 0 Å². The molecule has 0 amide bonds. The average Bonchev–Trinajstić information content (AvgIpc) is 2.20. The van der Waals surface area contributed by atoms with Gasteiger partial charge in [-0.1, -0.05) is 26.0 Å². The molecule has 88 valence electrons. The van der Waals surface area contributed by atoms with Crippen LogP contribution in [0.5, 0.6) is 5.75 Å². The number of nitrogens with two attached hydrogens (primary N) is 1. The van der Waals surface area contributed by atoms with Crippen molar-refractivity contribution in [2.45, 2.75) is 19.8 Å². The van der Waals surface area contributed by atoms with Crippen LogP contribution in [0.3, 0.4) is 0 Å². The standard InChI is InChI=1S/C12H17NO3/c1-7(2)10(12(14)15)8-5-4-6-9(16-3)11(8)13/h4-7,10H,13H2,1-3H3,(H,14,15). The van der Waals surface area contributed by atoms with E-state index in [0.29, 0.717) is 17.0 Å². The number of rotatable bonds is 4. The van der Waals surface area contributed by atoms with Gasteiger partial charge in [0.25, 0.3) is 0 Å². The summed E-state index contributed by atoms with van der Waals surface area (Å²) in [5.74, 6) is -0.971.